The van der Waals surface area contributed by atoms with Crippen LogP contribution in [-0.4, -0.2) is 18.7 Å². The maximum atomic E-state index is 11.9. The van der Waals surface area contributed by atoms with E-state index in [0.717, 1.165) is 32.8 Å². The second kappa shape index (κ2) is 5.98. The first-order valence-corrected chi connectivity index (χ1v) is 7.99. The third-order valence-corrected chi connectivity index (χ3v) is 4.17. The quantitative estimate of drug-likeness (QED) is 0.589. The molecule has 0 aromatic heterocycles. The van der Waals surface area contributed by atoms with Gasteiger partial charge in [-0.2, -0.15) is 0 Å². The lowest BCUT2D eigenvalue weighted by Gasteiger charge is -2.12. The van der Waals surface area contributed by atoms with Crippen LogP contribution in [0.3, 0.4) is 0 Å². The lowest BCUT2D eigenvalue weighted by atomic mass is 9.94. The van der Waals surface area contributed by atoms with Gasteiger partial charge in [-0.1, -0.05) is 48.5 Å². The van der Waals surface area contributed by atoms with Gasteiger partial charge < -0.3 is 4.74 Å². The summed E-state index contributed by atoms with van der Waals surface area (Å²) in [6.07, 6.45) is 1.06. The molecule has 0 bridgehead atoms. The van der Waals surface area contributed by atoms with Crippen molar-refractivity contribution in [2.24, 2.45) is 0 Å². The number of esters is 1. The summed E-state index contributed by atoms with van der Waals surface area (Å²) >= 11 is 0. The molecule has 0 fully saturated rings. The van der Waals surface area contributed by atoms with E-state index in [1.165, 1.54) is 0 Å². The van der Waals surface area contributed by atoms with Crippen LogP contribution in [0.25, 0.3) is 27.2 Å². The molecule has 0 radical (unpaired) electrons. The summed E-state index contributed by atoms with van der Waals surface area (Å²) in [5.41, 5.74) is 4.74. The summed E-state index contributed by atoms with van der Waals surface area (Å²) in [4.78, 5) is 17.3. The standard InChI is InChI=1S/C20H17NO3/c1-2-23-20(22)18-12-17(21-24-18)19-15-9-5-3-7-13(15)11-14-8-4-6-10-16(14)19/h3-12,18,21H,2H2,1H3. The van der Waals surface area contributed by atoms with Crippen molar-refractivity contribution < 1.29 is 14.4 Å². The Balaban J connectivity index is 1.91. The van der Waals surface area contributed by atoms with Crippen molar-refractivity contribution in [3.8, 4) is 0 Å². The van der Waals surface area contributed by atoms with Crippen molar-refractivity contribution in [1.82, 2.24) is 5.48 Å². The molecule has 4 heteroatoms. The van der Waals surface area contributed by atoms with Crippen molar-refractivity contribution in [2.75, 3.05) is 6.61 Å². The van der Waals surface area contributed by atoms with Crippen LogP contribution in [0.5, 0.6) is 0 Å². The number of hydrogen-bond acceptors (Lipinski definition) is 4. The van der Waals surface area contributed by atoms with Crippen LogP contribution in [-0.2, 0) is 14.4 Å². The average Bonchev–Trinajstić information content (AvgIpc) is 3.09. The first-order valence-electron chi connectivity index (χ1n) is 7.99. The first-order chi connectivity index (χ1) is 11.8. The Bertz CT molecular complexity index is 907. The Morgan fingerprint density at radius 1 is 1.08 bits per heavy atom. The monoisotopic (exact) mass is 319 g/mol. The average molecular weight is 319 g/mol. The SMILES string of the molecule is CCOC(=O)C1C=C(c2c3ccccc3cc3ccccc23)NO1. The highest BCUT2D eigenvalue weighted by molar-refractivity contribution is 6.09. The Labute approximate surface area is 139 Å². The number of rotatable bonds is 3. The summed E-state index contributed by atoms with van der Waals surface area (Å²) in [6.45, 7) is 2.11. The van der Waals surface area contributed by atoms with E-state index in [2.05, 4.69) is 35.8 Å². The number of hydrogen-bond donors (Lipinski definition) is 1. The van der Waals surface area contributed by atoms with Gasteiger partial charge in [-0.05, 0) is 40.6 Å². The minimum absolute atomic E-state index is 0.332. The van der Waals surface area contributed by atoms with Crippen molar-refractivity contribution in [3.05, 3.63) is 66.2 Å². The van der Waals surface area contributed by atoms with Crippen molar-refractivity contribution >= 4 is 33.2 Å². The van der Waals surface area contributed by atoms with Gasteiger partial charge in [-0.15, -0.1) is 0 Å². The zero-order valence-corrected chi connectivity index (χ0v) is 13.3. The fourth-order valence-electron chi connectivity index (χ4n) is 3.13. The molecule has 1 aliphatic heterocycles. The molecule has 1 unspecified atom stereocenters. The Kier molecular flexibility index (Phi) is 3.67. The second-order valence-corrected chi connectivity index (χ2v) is 5.67. The number of ether oxygens (including phenoxy) is 1. The van der Waals surface area contributed by atoms with Gasteiger partial charge >= 0.3 is 5.97 Å². The summed E-state index contributed by atoms with van der Waals surface area (Å²) in [7, 11) is 0. The fraction of sp³-hybridized carbons (Fsp3) is 0.150. The number of carbonyl (C=O) groups is 1. The van der Waals surface area contributed by atoms with Gasteiger partial charge in [0.2, 0.25) is 6.10 Å². The maximum Gasteiger partial charge on any atom is 0.342 e. The number of fused-ring (bicyclic) bond motifs is 2. The summed E-state index contributed by atoms with van der Waals surface area (Å²) in [6, 6.07) is 18.6. The maximum absolute atomic E-state index is 11.9. The normalized spacial score (nSPS) is 16.9. The van der Waals surface area contributed by atoms with Crippen LogP contribution in [0.1, 0.15) is 12.5 Å². The summed E-state index contributed by atoms with van der Waals surface area (Å²) in [5, 5.41) is 4.52. The molecule has 0 amide bonds. The molecule has 3 aromatic carbocycles. The van der Waals surface area contributed by atoms with E-state index in [9.17, 15) is 4.79 Å². The molecule has 120 valence electrons. The summed E-state index contributed by atoms with van der Waals surface area (Å²) < 4.78 is 5.04. The van der Waals surface area contributed by atoms with Crippen LogP contribution in [0.2, 0.25) is 0 Å². The Hall–Kier alpha value is -2.85. The van der Waals surface area contributed by atoms with E-state index in [1.54, 1.807) is 13.0 Å². The molecular formula is C20H17NO3. The molecule has 0 saturated carbocycles. The molecule has 3 aromatic rings. The van der Waals surface area contributed by atoms with E-state index >= 15 is 0 Å². The van der Waals surface area contributed by atoms with Crippen LogP contribution >= 0.6 is 0 Å². The van der Waals surface area contributed by atoms with Crippen molar-refractivity contribution in [3.63, 3.8) is 0 Å². The fourth-order valence-corrected chi connectivity index (χ4v) is 3.13. The Morgan fingerprint density at radius 3 is 2.33 bits per heavy atom. The van der Waals surface area contributed by atoms with Gasteiger partial charge in [0.15, 0.2) is 0 Å². The van der Waals surface area contributed by atoms with Gasteiger partial charge in [-0.3, -0.25) is 10.3 Å². The first kappa shape index (κ1) is 14.7. The van der Waals surface area contributed by atoms with Gasteiger partial charge in [0, 0.05) is 5.56 Å². The molecule has 1 N–H and O–H groups in total. The molecular weight excluding hydrogens is 302 g/mol. The third-order valence-electron chi connectivity index (χ3n) is 4.17. The zero-order valence-electron chi connectivity index (χ0n) is 13.3. The number of carbonyl (C=O) groups excluding carboxylic acids is 1. The van der Waals surface area contributed by atoms with E-state index < -0.39 is 6.10 Å². The highest BCUT2D eigenvalue weighted by Crippen LogP contribution is 2.34. The van der Waals surface area contributed by atoms with Gasteiger partial charge in [0.1, 0.15) is 0 Å². The lowest BCUT2D eigenvalue weighted by molar-refractivity contribution is -0.154. The van der Waals surface area contributed by atoms with Crippen LogP contribution in [0.15, 0.2) is 60.7 Å². The molecule has 0 aliphatic carbocycles. The lowest BCUT2D eigenvalue weighted by Crippen LogP contribution is -2.24. The molecule has 4 nitrogen and oxygen atoms in total. The predicted octanol–water partition coefficient (Wildman–Crippen LogP) is 3.80. The molecule has 0 spiro atoms. The molecule has 0 saturated heterocycles. The van der Waals surface area contributed by atoms with Crippen molar-refractivity contribution in [2.45, 2.75) is 13.0 Å². The molecule has 1 heterocycles. The van der Waals surface area contributed by atoms with Gasteiger partial charge in [-0.25, -0.2) is 4.79 Å². The van der Waals surface area contributed by atoms with E-state index in [0.29, 0.717) is 6.61 Å². The number of benzene rings is 3. The highest BCUT2D eigenvalue weighted by Gasteiger charge is 2.27. The van der Waals surface area contributed by atoms with Gasteiger partial charge in [0.05, 0.1) is 12.3 Å². The molecule has 4 rings (SSSR count). The molecule has 1 aliphatic rings. The van der Waals surface area contributed by atoms with Crippen LogP contribution in [0, 0.1) is 0 Å². The molecule has 24 heavy (non-hydrogen) atoms. The second-order valence-electron chi connectivity index (χ2n) is 5.67. The number of nitrogens with one attached hydrogen (secondary N) is 1. The third kappa shape index (κ3) is 2.41. The Morgan fingerprint density at radius 2 is 1.71 bits per heavy atom. The van der Waals surface area contributed by atoms with Gasteiger partial charge in [0.25, 0.3) is 0 Å². The van der Waals surface area contributed by atoms with E-state index in [1.807, 2.05) is 24.3 Å². The minimum atomic E-state index is -0.724. The number of hydroxylamine groups is 1. The minimum Gasteiger partial charge on any atom is -0.464 e. The molecule has 1 atom stereocenters. The highest BCUT2D eigenvalue weighted by atomic mass is 16.7. The predicted molar refractivity (Wildman–Crippen MR) is 94.1 cm³/mol. The smallest absolute Gasteiger partial charge is 0.342 e. The van der Waals surface area contributed by atoms with Crippen molar-refractivity contribution in [1.29, 1.82) is 0 Å². The topological polar surface area (TPSA) is 47.6 Å². The van der Waals surface area contributed by atoms with Crippen LogP contribution in [0.4, 0.5) is 0 Å². The van der Waals surface area contributed by atoms with E-state index in [-0.39, 0.29) is 5.97 Å². The summed E-state index contributed by atoms with van der Waals surface area (Å²) in [5.74, 6) is -0.385. The van der Waals surface area contributed by atoms with Crippen LogP contribution < -0.4 is 5.48 Å². The largest absolute Gasteiger partial charge is 0.464 e. The van der Waals surface area contributed by atoms with E-state index in [4.69, 9.17) is 9.57 Å². The zero-order chi connectivity index (χ0) is 16.5.